The fourth-order valence-electron chi connectivity index (χ4n) is 2.63. The van der Waals surface area contributed by atoms with Gasteiger partial charge in [-0.15, -0.1) is 10.8 Å². The highest BCUT2D eigenvalue weighted by Crippen LogP contribution is 2.46. The van der Waals surface area contributed by atoms with E-state index in [1.54, 1.807) is 19.1 Å². The van der Waals surface area contributed by atoms with Gasteiger partial charge in [-0.2, -0.15) is 0 Å². The second-order valence-electron chi connectivity index (χ2n) is 5.52. The number of aromatic amines is 1. The molecule has 2 aromatic rings. The van der Waals surface area contributed by atoms with Crippen LogP contribution in [0.2, 0.25) is 0 Å². The van der Waals surface area contributed by atoms with Crippen molar-refractivity contribution in [1.29, 1.82) is 0 Å². The molecule has 2 heterocycles. The number of benzene rings is 1. The first kappa shape index (κ1) is 17.2. The number of amides is 1. The van der Waals surface area contributed by atoms with Gasteiger partial charge in [-0.3, -0.25) is 13.9 Å². The number of carbonyl (C=O) groups is 2. The Hall–Kier alpha value is -2.59. The first-order chi connectivity index (χ1) is 11.7. The summed E-state index contributed by atoms with van der Waals surface area (Å²) < 4.78 is 22.5. The van der Waals surface area contributed by atoms with Crippen LogP contribution in [0.3, 0.4) is 0 Å². The smallest absolute Gasteiger partial charge is 0.337 e. The van der Waals surface area contributed by atoms with Gasteiger partial charge in [0.2, 0.25) is 0 Å². The Balaban J connectivity index is 2.10. The number of carbonyl (C=O) groups excluding carboxylic acids is 1. The molecular weight excluding hydrogens is 346 g/mol. The number of nitrogens with one attached hydrogen (secondary N) is 3. The lowest BCUT2D eigenvalue weighted by Crippen LogP contribution is -2.14. The molecule has 0 aliphatic carbocycles. The zero-order chi connectivity index (χ0) is 18.4. The third kappa shape index (κ3) is 2.94. The molecule has 25 heavy (non-hydrogen) atoms. The number of hydrogen-bond donors (Lipinski definition) is 6. The van der Waals surface area contributed by atoms with Gasteiger partial charge >= 0.3 is 5.97 Å². The Labute approximate surface area is 145 Å². The molecule has 9 heteroatoms. The number of carboxylic acids is 1. The maximum Gasteiger partial charge on any atom is 0.337 e. The van der Waals surface area contributed by atoms with Crippen molar-refractivity contribution in [1.82, 2.24) is 9.71 Å². The summed E-state index contributed by atoms with van der Waals surface area (Å²) in [6.45, 7) is 1.65. The van der Waals surface area contributed by atoms with Crippen molar-refractivity contribution in [3.8, 4) is 0 Å². The molecule has 0 unspecified atom stereocenters. The minimum atomic E-state index is -3.15. The van der Waals surface area contributed by atoms with Crippen molar-refractivity contribution in [2.75, 3.05) is 12.4 Å². The van der Waals surface area contributed by atoms with Gasteiger partial charge < -0.3 is 15.4 Å². The Morgan fingerprint density at radius 2 is 2.04 bits per heavy atom. The summed E-state index contributed by atoms with van der Waals surface area (Å²) in [5.74, 6) is -1.40. The summed E-state index contributed by atoms with van der Waals surface area (Å²) >= 11 is 0. The highest BCUT2D eigenvalue weighted by atomic mass is 32.3. The number of fused-ring (bicyclic) bond motifs is 1. The number of anilines is 1. The zero-order valence-electron chi connectivity index (χ0n) is 13.5. The van der Waals surface area contributed by atoms with Crippen molar-refractivity contribution in [3.05, 3.63) is 46.8 Å². The molecular formula is C16H17N3O5S. The molecule has 1 amide bonds. The van der Waals surface area contributed by atoms with Crippen LogP contribution in [0, 0.1) is 6.92 Å². The van der Waals surface area contributed by atoms with Crippen LogP contribution in [0.1, 0.15) is 27.2 Å². The minimum Gasteiger partial charge on any atom is -0.478 e. The molecule has 6 N–H and O–H groups in total. The summed E-state index contributed by atoms with van der Waals surface area (Å²) in [6.07, 6.45) is 2.92. The highest BCUT2D eigenvalue weighted by molar-refractivity contribution is 8.22. The fourth-order valence-corrected chi connectivity index (χ4v) is 3.41. The van der Waals surface area contributed by atoms with E-state index in [1.165, 1.54) is 25.4 Å². The number of H-pyrrole nitrogens is 1. The largest absolute Gasteiger partial charge is 0.478 e. The number of hydrogen-bond acceptors (Lipinski definition) is 5. The molecule has 0 bridgehead atoms. The molecule has 1 aromatic heterocycles. The minimum absolute atomic E-state index is 0.128. The van der Waals surface area contributed by atoms with E-state index in [0.29, 0.717) is 28.1 Å². The standard InChI is InChI=1S/C16H17N3O5S/c1-8-12(16(21)22)7-18-14(8)6-11-10-5-9(25(23,24)17-2)3-4-13(10)19-15(11)20/h3-7,17-18,23-24H,1-2H3,(H,19,20)(H,21,22). The van der Waals surface area contributed by atoms with Crippen LogP contribution in [-0.2, 0) is 4.79 Å². The first-order valence-electron chi connectivity index (χ1n) is 7.30. The maximum atomic E-state index is 12.3. The van der Waals surface area contributed by atoms with Crippen molar-refractivity contribution < 1.29 is 23.8 Å². The van der Waals surface area contributed by atoms with Crippen LogP contribution in [0.15, 0.2) is 29.3 Å². The second kappa shape index (κ2) is 6.05. The Morgan fingerprint density at radius 1 is 1.32 bits per heavy atom. The van der Waals surface area contributed by atoms with Gasteiger partial charge in [0.05, 0.1) is 16.0 Å². The summed E-state index contributed by atoms with van der Waals surface area (Å²) in [5.41, 5.74) is 2.52. The molecule has 0 spiro atoms. The Morgan fingerprint density at radius 3 is 2.64 bits per heavy atom. The average Bonchev–Trinajstić information content (AvgIpc) is 3.08. The molecule has 1 aromatic carbocycles. The van der Waals surface area contributed by atoms with Crippen LogP contribution >= 0.6 is 10.8 Å². The van der Waals surface area contributed by atoms with Crippen molar-refractivity contribution in [2.24, 2.45) is 0 Å². The molecule has 0 atom stereocenters. The average molecular weight is 363 g/mol. The molecule has 0 fully saturated rings. The lowest BCUT2D eigenvalue weighted by atomic mass is 10.0. The molecule has 0 saturated heterocycles. The van der Waals surface area contributed by atoms with Crippen molar-refractivity contribution in [2.45, 2.75) is 11.8 Å². The normalized spacial score (nSPS) is 16.0. The summed E-state index contributed by atoms with van der Waals surface area (Å²) in [4.78, 5) is 26.5. The van der Waals surface area contributed by atoms with Gasteiger partial charge in [-0.05, 0) is 36.8 Å². The Kier molecular flexibility index (Phi) is 4.17. The number of rotatable bonds is 4. The monoisotopic (exact) mass is 363 g/mol. The number of aromatic carboxylic acids is 1. The molecule has 0 radical (unpaired) electrons. The quantitative estimate of drug-likeness (QED) is 0.463. The van der Waals surface area contributed by atoms with Gasteiger partial charge in [0, 0.05) is 30.2 Å². The van der Waals surface area contributed by atoms with E-state index >= 15 is 0 Å². The molecule has 8 nitrogen and oxygen atoms in total. The van der Waals surface area contributed by atoms with E-state index in [0.717, 1.165) is 0 Å². The van der Waals surface area contributed by atoms with Crippen molar-refractivity contribution >= 4 is 40.0 Å². The van der Waals surface area contributed by atoms with E-state index in [4.69, 9.17) is 5.11 Å². The molecule has 3 rings (SSSR count). The first-order valence-corrected chi connectivity index (χ1v) is 8.84. The van der Waals surface area contributed by atoms with Crippen LogP contribution in [-0.4, -0.2) is 38.1 Å². The predicted molar refractivity (Wildman–Crippen MR) is 95.6 cm³/mol. The highest BCUT2D eigenvalue weighted by Gasteiger charge is 2.27. The molecule has 132 valence electrons. The van der Waals surface area contributed by atoms with Crippen LogP contribution in [0.25, 0.3) is 11.6 Å². The van der Waals surface area contributed by atoms with Gasteiger partial charge in [0.1, 0.15) is 0 Å². The van der Waals surface area contributed by atoms with Gasteiger partial charge in [0.25, 0.3) is 5.91 Å². The SMILES string of the molecule is CNS(O)(O)c1ccc2c(c1)C(=Cc1[nH]cc(C(=O)O)c1C)C(=O)N2. The predicted octanol–water partition coefficient (Wildman–Crippen LogP) is 2.76. The Bertz CT molecular complexity index is 916. The third-order valence-electron chi connectivity index (χ3n) is 4.09. The topological polar surface area (TPSA) is 135 Å². The number of aromatic nitrogens is 1. The fraction of sp³-hybridized carbons (Fsp3) is 0.125. The molecule has 0 saturated carbocycles. The van der Waals surface area contributed by atoms with Crippen LogP contribution in [0.5, 0.6) is 0 Å². The van der Waals surface area contributed by atoms with E-state index < -0.39 is 16.7 Å². The van der Waals surface area contributed by atoms with E-state index in [1.807, 2.05) is 0 Å². The maximum absolute atomic E-state index is 12.3. The van der Waals surface area contributed by atoms with Gasteiger partial charge in [-0.25, -0.2) is 9.52 Å². The zero-order valence-corrected chi connectivity index (χ0v) is 14.3. The lowest BCUT2D eigenvalue weighted by Gasteiger charge is -2.31. The van der Waals surface area contributed by atoms with Gasteiger partial charge in [0.15, 0.2) is 0 Å². The lowest BCUT2D eigenvalue weighted by molar-refractivity contribution is -0.110. The second-order valence-corrected chi connectivity index (χ2v) is 7.50. The van der Waals surface area contributed by atoms with E-state index in [9.17, 15) is 18.7 Å². The summed E-state index contributed by atoms with van der Waals surface area (Å²) in [6, 6.07) is 4.65. The van der Waals surface area contributed by atoms with Crippen LogP contribution < -0.4 is 10.0 Å². The van der Waals surface area contributed by atoms with Crippen molar-refractivity contribution in [3.63, 3.8) is 0 Å². The third-order valence-corrected chi connectivity index (χ3v) is 5.57. The van der Waals surface area contributed by atoms with Gasteiger partial charge in [-0.1, -0.05) is 0 Å². The van der Waals surface area contributed by atoms with E-state index in [2.05, 4.69) is 15.0 Å². The summed E-state index contributed by atoms with van der Waals surface area (Å²) in [5, 5.41) is 11.8. The molecule has 1 aliphatic heterocycles. The summed E-state index contributed by atoms with van der Waals surface area (Å²) in [7, 11) is -1.72. The number of carboxylic acid groups (broad SMARTS) is 1. The molecule has 1 aliphatic rings. The van der Waals surface area contributed by atoms with E-state index in [-0.39, 0.29) is 16.4 Å². The van der Waals surface area contributed by atoms with Crippen LogP contribution in [0.4, 0.5) is 5.69 Å².